The zero-order valence-electron chi connectivity index (χ0n) is 11.6. The summed E-state index contributed by atoms with van der Waals surface area (Å²) in [5.74, 6) is -0.373. The lowest BCUT2D eigenvalue weighted by molar-refractivity contribution is 0.0956. The third kappa shape index (κ3) is 4.29. The Labute approximate surface area is 131 Å². The zero-order chi connectivity index (χ0) is 15.2. The lowest BCUT2D eigenvalue weighted by Gasteiger charge is -2.09. The lowest BCUT2D eigenvalue weighted by Crippen LogP contribution is -2.22. The first-order chi connectivity index (χ1) is 10.1. The Morgan fingerprint density at radius 2 is 2.05 bits per heavy atom. The van der Waals surface area contributed by atoms with E-state index in [1.807, 2.05) is 19.1 Å². The molecular formula is C16H16BrFN2O. The Morgan fingerprint density at radius 1 is 1.24 bits per heavy atom. The van der Waals surface area contributed by atoms with Crippen LogP contribution >= 0.6 is 15.9 Å². The van der Waals surface area contributed by atoms with Crippen molar-refractivity contribution in [3.05, 3.63) is 63.9 Å². The molecule has 0 unspecified atom stereocenters. The first-order valence-corrected chi connectivity index (χ1v) is 7.45. The van der Waals surface area contributed by atoms with Crippen molar-refractivity contribution < 1.29 is 9.18 Å². The van der Waals surface area contributed by atoms with Gasteiger partial charge in [-0.2, -0.15) is 0 Å². The van der Waals surface area contributed by atoms with Gasteiger partial charge in [0.15, 0.2) is 0 Å². The fourth-order valence-electron chi connectivity index (χ4n) is 1.89. The summed E-state index contributed by atoms with van der Waals surface area (Å²) < 4.78 is 13.6. The van der Waals surface area contributed by atoms with Gasteiger partial charge in [0, 0.05) is 24.3 Å². The number of hydrogen-bond acceptors (Lipinski definition) is 2. The minimum atomic E-state index is -0.281. The molecular weight excluding hydrogens is 335 g/mol. The van der Waals surface area contributed by atoms with Crippen molar-refractivity contribution in [2.24, 2.45) is 0 Å². The van der Waals surface area contributed by atoms with Crippen LogP contribution in [0.3, 0.4) is 0 Å². The normalized spacial score (nSPS) is 10.2. The molecule has 110 valence electrons. The maximum Gasteiger partial charge on any atom is 0.251 e. The summed E-state index contributed by atoms with van der Waals surface area (Å²) in [5.41, 5.74) is 2.41. The van der Waals surface area contributed by atoms with E-state index in [-0.39, 0.29) is 11.7 Å². The minimum absolute atomic E-state index is 0.0920. The SMILES string of the molecule is CCNC(=O)c1cccc(NCc2ccc(F)c(Br)c2)c1. The molecule has 0 aliphatic rings. The number of carbonyl (C=O) groups excluding carboxylic acids is 1. The van der Waals surface area contributed by atoms with Crippen LogP contribution in [0, 0.1) is 5.82 Å². The molecule has 0 radical (unpaired) electrons. The molecule has 2 rings (SSSR count). The van der Waals surface area contributed by atoms with Gasteiger partial charge in [0.2, 0.25) is 0 Å². The Bertz CT molecular complexity index is 646. The number of rotatable bonds is 5. The highest BCUT2D eigenvalue weighted by atomic mass is 79.9. The number of nitrogens with one attached hydrogen (secondary N) is 2. The summed E-state index contributed by atoms with van der Waals surface area (Å²) in [6.07, 6.45) is 0. The van der Waals surface area contributed by atoms with Crippen LogP contribution in [0.1, 0.15) is 22.8 Å². The van der Waals surface area contributed by atoms with Gasteiger partial charge in [-0.15, -0.1) is 0 Å². The molecule has 5 heteroatoms. The van der Waals surface area contributed by atoms with Crippen LogP contribution in [-0.4, -0.2) is 12.5 Å². The van der Waals surface area contributed by atoms with Crippen LogP contribution in [0.25, 0.3) is 0 Å². The van der Waals surface area contributed by atoms with E-state index in [4.69, 9.17) is 0 Å². The molecule has 1 amide bonds. The van der Waals surface area contributed by atoms with Gasteiger partial charge in [0.25, 0.3) is 5.91 Å². The van der Waals surface area contributed by atoms with Crippen LogP contribution in [0.15, 0.2) is 46.9 Å². The van der Waals surface area contributed by atoms with E-state index in [0.717, 1.165) is 11.3 Å². The quantitative estimate of drug-likeness (QED) is 0.857. The highest BCUT2D eigenvalue weighted by Gasteiger charge is 2.05. The van der Waals surface area contributed by atoms with E-state index in [0.29, 0.717) is 23.1 Å². The van der Waals surface area contributed by atoms with Gasteiger partial charge in [-0.3, -0.25) is 4.79 Å². The Hall–Kier alpha value is -1.88. The van der Waals surface area contributed by atoms with E-state index in [1.165, 1.54) is 6.07 Å². The van der Waals surface area contributed by atoms with Gasteiger partial charge in [-0.1, -0.05) is 12.1 Å². The number of hydrogen-bond donors (Lipinski definition) is 2. The van der Waals surface area contributed by atoms with Crippen LogP contribution < -0.4 is 10.6 Å². The molecule has 0 aliphatic heterocycles. The summed E-state index contributed by atoms with van der Waals surface area (Å²) in [6.45, 7) is 3.03. The summed E-state index contributed by atoms with van der Waals surface area (Å²) in [5, 5.41) is 5.98. The second-order valence-electron chi connectivity index (χ2n) is 4.54. The monoisotopic (exact) mass is 350 g/mol. The predicted octanol–water partition coefficient (Wildman–Crippen LogP) is 3.95. The fourth-order valence-corrected chi connectivity index (χ4v) is 2.31. The lowest BCUT2D eigenvalue weighted by atomic mass is 10.1. The molecule has 0 aliphatic carbocycles. The largest absolute Gasteiger partial charge is 0.381 e. The van der Waals surface area contributed by atoms with Crippen molar-refractivity contribution in [1.82, 2.24) is 5.32 Å². The van der Waals surface area contributed by atoms with Gasteiger partial charge >= 0.3 is 0 Å². The second kappa shape index (κ2) is 7.22. The zero-order valence-corrected chi connectivity index (χ0v) is 13.2. The van der Waals surface area contributed by atoms with Gasteiger partial charge in [-0.25, -0.2) is 4.39 Å². The highest BCUT2D eigenvalue weighted by Crippen LogP contribution is 2.18. The minimum Gasteiger partial charge on any atom is -0.381 e. The van der Waals surface area contributed by atoms with Gasteiger partial charge in [0.1, 0.15) is 5.82 Å². The molecule has 0 spiro atoms. The van der Waals surface area contributed by atoms with Gasteiger partial charge in [-0.05, 0) is 58.7 Å². The summed E-state index contributed by atoms with van der Waals surface area (Å²) in [6, 6.07) is 12.2. The molecule has 3 nitrogen and oxygen atoms in total. The highest BCUT2D eigenvalue weighted by molar-refractivity contribution is 9.10. The molecule has 2 aromatic rings. The third-order valence-electron chi connectivity index (χ3n) is 2.94. The number of halogens is 2. The van der Waals surface area contributed by atoms with Crippen LogP contribution in [0.2, 0.25) is 0 Å². The third-order valence-corrected chi connectivity index (χ3v) is 3.55. The molecule has 0 saturated carbocycles. The topological polar surface area (TPSA) is 41.1 Å². The number of carbonyl (C=O) groups is 1. The smallest absolute Gasteiger partial charge is 0.251 e. The summed E-state index contributed by atoms with van der Waals surface area (Å²) in [4.78, 5) is 11.8. The predicted molar refractivity (Wildman–Crippen MR) is 85.9 cm³/mol. The standard InChI is InChI=1S/C16H16BrFN2O/c1-2-19-16(21)12-4-3-5-13(9-12)20-10-11-6-7-15(18)14(17)8-11/h3-9,20H,2,10H2,1H3,(H,19,21). The average Bonchev–Trinajstić information content (AvgIpc) is 2.49. The van der Waals surface area contributed by atoms with Crippen molar-refractivity contribution in [3.8, 4) is 0 Å². The molecule has 0 heterocycles. The summed E-state index contributed by atoms with van der Waals surface area (Å²) >= 11 is 3.16. The van der Waals surface area contributed by atoms with Crippen molar-refractivity contribution in [2.75, 3.05) is 11.9 Å². The second-order valence-corrected chi connectivity index (χ2v) is 5.40. The molecule has 0 bridgehead atoms. The molecule has 0 fully saturated rings. The van der Waals surface area contributed by atoms with E-state index < -0.39 is 0 Å². The number of amides is 1. The molecule has 2 aromatic carbocycles. The van der Waals surface area contributed by atoms with Crippen LogP contribution in [0.4, 0.5) is 10.1 Å². The van der Waals surface area contributed by atoms with Gasteiger partial charge in [0.05, 0.1) is 4.47 Å². The van der Waals surface area contributed by atoms with E-state index in [1.54, 1.807) is 24.3 Å². The maximum absolute atomic E-state index is 13.2. The van der Waals surface area contributed by atoms with Crippen molar-refractivity contribution in [3.63, 3.8) is 0 Å². The van der Waals surface area contributed by atoms with E-state index in [9.17, 15) is 9.18 Å². The first-order valence-electron chi connectivity index (χ1n) is 6.66. The van der Waals surface area contributed by atoms with Gasteiger partial charge < -0.3 is 10.6 Å². The summed E-state index contributed by atoms with van der Waals surface area (Å²) in [7, 11) is 0. The maximum atomic E-state index is 13.2. The van der Waals surface area contributed by atoms with E-state index >= 15 is 0 Å². The van der Waals surface area contributed by atoms with Crippen molar-refractivity contribution in [1.29, 1.82) is 0 Å². The Balaban J connectivity index is 2.04. The van der Waals surface area contributed by atoms with Crippen LogP contribution in [-0.2, 0) is 6.54 Å². The fraction of sp³-hybridized carbons (Fsp3) is 0.188. The van der Waals surface area contributed by atoms with E-state index in [2.05, 4.69) is 26.6 Å². The molecule has 0 atom stereocenters. The molecule has 0 saturated heterocycles. The number of benzene rings is 2. The van der Waals surface area contributed by atoms with Crippen molar-refractivity contribution in [2.45, 2.75) is 13.5 Å². The van der Waals surface area contributed by atoms with Crippen LogP contribution in [0.5, 0.6) is 0 Å². The Kier molecular flexibility index (Phi) is 5.33. The molecule has 2 N–H and O–H groups in total. The molecule has 21 heavy (non-hydrogen) atoms. The first kappa shape index (κ1) is 15.5. The Morgan fingerprint density at radius 3 is 2.76 bits per heavy atom. The number of anilines is 1. The molecule has 0 aromatic heterocycles. The van der Waals surface area contributed by atoms with Crippen molar-refractivity contribution >= 4 is 27.5 Å². The average molecular weight is 351 g/mol.